The maximum absolute atomic E-state index is 10.9. The topological polar surface area (TPSA) is 26.3 Å². The van der Waals surface area contributed by atoms with Crippen molar-refractivity contribution in [2.24, 2.45) is 0 Å². The third kappa shape index (κ3) is 4.42. The third-order valence-electron chi connectivity index (χ3n) is 2.73. The van der Waals surface area contributed by atoms with E-state index in [1.807, 2.05) is 0 Å². The zero-order valence-electron chi connectivity index (χ0n) is 8.38. The molecule has 0 aromatic rings. The van der Waals surface area contributed by atoms with Crippen LogP contribution in [0.25, 0.3) is 0 Å². The van der Waals surface area contributed by atoms with Crippen molar-refractivity contribution in [1.29, 1.82) is 0 Å². The molecule has 78 valence electrons. The first kappa shape index (κ1) is 13.4. The van der Waals surface area contributed by atoms with Gasteiger partial charge >= 0.3 is 5.97 Å². The van der Waals surface area contributed by atoms with E-state index < -0.39 is 7.26 Å². The standard InChI is InChI=1S/C9H18O2P.BrH/c1-11-9(10)5-8-12(2)6-3-4-7-12;/h3-8H2,1-2H3;1H/q+1;/p-1. The van der Waals surface area contributed by atoms with E-state index in [4.69, 9.17) is 0 Å². The first-order valence-corrected chi connectivity index (χ1v) is 7.36. The van der Waals surface area contributed by atoms with Gasteiger partial charge in [0.15, 0.2) is 0 Å². The van der Waals surface area contributed by atoms with Crippen molar-refractivity contribution in [2.45, 2.75) is 19.3 Å². The minimum absolute atomic E-state index is 0. The number of ether oxygens (including phenoxy) is 1. The van der Waals surface area contributed by atoms with E-state index in [0.29, 0.717) is 6.42 Å². The van der Waals surface area contributed by atoms with E-state index >= 15 is 0 Å². The molecule has 0 aliphatic carbocycles. The molecule has 0 bridgehead atoms. The Kier molecular flexibility index (Phi) is 6.15. The Hall–Kier alpha value is 0.380. The van der Waals surface area contributed by atoms with Crippen molar-refractivity contribution in [2.75, 3.05) is 32.3 Å². The molecule has 1 aliphatic heterocycles. The van der Waals surface area contributed by atoms with Gasteiger partial charge in [-0.1, -0.05) is 0 Å². The predicted molar refractivity (Wildman–Crippen MR) is 53.3 cm³/mol. The van der Waals surface area contributed by atoms with Crippen LogP contribution in [0.1, 0.15) is 19.3 Å². The molecule has 0 aromatic carbocycles. The number of carbonyl (C=O) groups excluding carboxylic acids is 1. The fourth-order valence-corrected chi connectivity index (χ4v) is 5.15. The first-order chi connectivity index (χ1) is 5.66. The molecule has 0 N–H and O–H groups in total. The summed E-state index contributed by atoms with van der Waals surface area (Å²) in [7, 11) is 0.782. The molecule has 2 nitrogen and oxygen atoms in total. The molecule has 0 aromatic heterocycles. The minimum Gasteiger partial charge on any atom is -1.00 e. The summed E-state index contributed by atoms with van der Waals surface area (Å²) in [4.78, 5) is 10.9. The highest BCUT2D eigenvalue weighted by Gasteiger charge is 2.35. The normalized spacial score (nSPS) is 19.2. The van der Waals surface area contributed by atoms with Crippen molar-refractivity contribution in [3.8, 4) is 0 Å². The molecule has 1 fully saturated rings. The summed E-state index contributed by atoms with van der Waals surface area (Å²) in [5.74, 6) is -0.0388. The lowest BCUT2D eigenvalue weighted by molar-refractivity contribution is -0.140. The molecule has 0 amide bonds. The number of rotatable bonds is 3. The summed E-state index contributed by atoms with van der Waals surface area (Å²) in [6.45, 7) is 2.39. The van der Waals surface area contributed by atoms with Crippen LogP contribution in [0.2, 0.25) is 0 Å². The Morgan fingerprint density at radius 3 is 2.38 bits per heavy atom. The van der Waals surface area contributed by atoms with Crippen LogP contribution in [0, 0.1) is 0 Å². The van der Waals surface area contributed by atoms with Crippen molar-refractivity contribution in [3.63, 3.8) is 0 Å². The fraction of sp³-hybridized carbons (Fsp3) is 0.889. The number of esters is 1. The summed E-state index contributed by atoms with van der Waals surface area (Å²) < 4.78 is 4.63. The highest BCUT2D eigenvalue weighted by molar-refractivity contribution is 7.75. The van der Waals surface area contributed by atoms with E-state index in [1.165, 1.54) is 32.3 Å². The summed E-state index contributed by atoms with van der Waals surface area (Å²) in [6, 6.07) is 0. The van der Waals surface area contributed by atoms with E-state index in [2.05, 4.69) is 11.4 Å². The van der Waals surface area contributed by atoms with E-state index in [0.717, 1.165) is 6.16 Å². The van der Waals surface area contributed by atoms with Crippen molar-refractivity contribution >= 4 is 13.2 Å². The lowest BCUT2D eigenvalue weighted by atomic mass is 10.4. The lowest BCUT2D eigenvalue weighted by Gasteiger charge is -2.15. The molecule has 13 heavy (non-hydrogen) atoms. The van der Waals surface area contributed by atoms with Gasteiger partial charge in [0.25, 0.3) is 0 Å². The van der Waals surface area contributed by atoms with Crippen LogP contribution in [0.3, 0.4) is 0 Å². The fourth-order valence-electron chi connectivity index (χ4n) is 1.79. The Morgan fingerprint density at radius 2 is 1.92 bits per heavy atom. The van der Waals surface area contributed by atoms with Crippen LogP contribution in [0.4, 0.5) is 0 Å². The molecule has 0 saturated carbocycles. The zero-order valence-corrected chi connectivity index (χ0v) is 10.9. The second-order valence-corrected chi connectivity index (χ2v) is 8.40. The molecule has 1 heterocycles. The highest BCUT2D eigenvalue weighted by Crippen LogP contribution is 2.60. The Bertz CT molecular complexity index is 167. The molecule has 0 unspecified atom stereocenters. The number of methoxy groups -OCH3 is 1. The molecule has 0 radical (unpaired) electrons. The van der Waals surface area contributed by atoms with Crippen molar-refractivity contribution in [3.05, 3.63) is 0 Å². The smallest absolute Gasteiger partial charge is 0.309 e. The van der Waals surface area contributed by atoms with E-state index in [1.54, 1.807) is 0 Å². The molecule has 0 atom stereocenters. The van der Waals surface area contributed by atoms with E-state index in [9.17, 15) is 4.79 Å². The molecular formula is C9H18BrO2P. The van der Waals surface area contributed by atoms with Crippen LogP contribution >= 0.6 is 7.26 Å². The van der Waals surface area contributed by atoms with Gasteiger partial charge in [0.1, 0.15) is 0 Å². The SMILES string of the molecule is COC(=O)CC[P+]1(C)CCCC1.[Br-]. The summed E-state index contributed by atoms with van der Waals surface area (Å²) in [5.41, 5.74) is 0. The summed E-state index contributed by atoms with van der Waals surface area (Å²) in [6.07, 6.45) is 7.30. The number of halogens is 1. The monoisotopic (exact) mass is 268 g/mol. The first-order valence-electron chi connectivity index (χ1n) is 4.57. The largest absolute Gasteiger partial charge is 1.00 e. The number of hydrogen-bond acceptors (Lipinski definition) is 2. The Balaban J connectivity index is 0.00000144. The van der Waals surface area contributed by atoms with Gasteiger partial charge in [-0.2, -0.15) is 0 Å². The molecular weight excluding hydrogens is 251 g/mol. The zero-order chi connectivity index (χ0) is 9.03. The predicted octanol–water partition coefficient (Wildman–Crippen LogP) is -1.01. The van der Waals surface area contributed by atoms with Crippen LogP contribution in [-0.4, -0.2) is 38.2 Å². The second kappa shape index (κ2) is 5.98. The molecule has 0 spiro atoms. The molecule has 1 saturated heterocycles. The van der Waals surface area contributed by atoms with Crippen LogP contribution in [0.15, 0.2) is 0 Å². The molecule has 4 heteroatoms. The average molecular weight is 269 g/mol. The Labute approximate surface area is 91.5 Å². The van der Waals surface area contributed by atoms with Gasteiger partial charge in [0, 0.05) is 13.9 Å². The van der Waals surface area contributed by atoms with Crippen LogP contribution < -0.4 is 17.0 Å². The number of hydrogen-bond donors (Lipinski definition) is 0. The highest BCUT2D eigenvalue weighted by atomic mass is 79.9. The quantitative estimate of drug-likeness (QED) is 0.485. The van der Waals surface area contributed by atoms with Gasteiger partial charge in [-0.3, -0.25) is 4.79 Å². The van der Waals surface area contributed by atoms with Gasteiger partial charge in [-0.25, -0.2) is 0 Å². The third-order valence-corrected chi connectivity index (χ3v) is 6.82. The van der Waals surface area contributed by atoms with Crippen molar-refractivity contribution < 1.29 is 26.5 Å². The maximum atomic E-state index is 10.9. The van der Waals surface area contributed by atoms with Gasteiger partial charge in [-0.05, 0) is 12.8 Å². The number of carbonyl (C=O) groups is 1. The molecule has 1 rings (SSSR count). The van der Waals surface area contributed by atoms with E-state index in [-0.39, 0.29) is 23.0 Å². The average Bonchev–Trinajstić information content (AvgIpc) is 2.49. The van der Waals surface area contributed by atoms with Crippen molar-refractivity contribution in [1.82, 2.24) is 0 Å². The van der Waals surface area contributed by atoms with Gasteiger partial charge in [0.2, 0.25) is 0 Å². The summed E-state index contributed by atoms with van der Waals surface area (Å²) in [5, 5.41) is 0. The Morgan fingerprint density at radius 1 is 1.38 bits per heavy atom. The van der Waals surface area contributed by atoms with Crippen LogP contribution in [0.5, 0.6) is 0 Å². The van der Waals surface area contributed by atoms with Gasteiger partial charge in [0.05, 0.1) is 32.0 Å². The van der Waals surface area contributed by atoms with Gasteiger partial charge < -0.3 is 21.7 Å². The minimum atomic E-state index is -0.688. The van der Waals surface area contributed by atoms with Gasteiger partial charge in [-0.15, -0.1) is 0 Å². The maximum Gasteiger partial charge on any atom is 0.309 e. The lowest BCUT2D eigenvalue weighted by Crippen LogP contribution is -3.00. The molecule has 1 aliphatic rings. The summed E-state index contributed by atoms with van der Waals surface area (Å²) >= 11 is 0. The van der Waals surface area contributed by atoms with Crippen LogP contribution in [-0.2, 0) is 9.53 Å². The second-order valence-electron chi connectivity index (χ2n) is 3.82.